The largest absolute Gasteiger partial charge is 0.392 e. The molecule has 0 atom stereocenters. The fourth-order valence-corrected chi connectivity index (χ4v) is 2.75. The number of rotatable bonds is 3. The lowest BCUT2D eigenvalue weighted by Gasteiger charge is -2.04. The van der Waals surface area contributed by atoms with Gasteiger partial charge in [0, 0.05) is 0 Å². The molecule has 0 amide bonds. The van der Waals surface area contributed by atoms with Crippen LogP contribution in [0.2, 0.25) is 0 Å². The van der Waals surface area contributed by atoms with E-state index in [-0.39, 0.29) is 6.61 Å². The Morgan fingerprint density at radius 2 is 1.89 bits per heavy atom. The van der Waals surface area contributed by atoms with E-state index in [1.807, 2.05) is 0 Å². The van der Waals surface area contributed by atoms with E-state index in [4.69, 9.17) is 0 Å². The summed E-state index contributed by atoms with van der Waals surface area (Å²) in [6.07, 6.45) is 4.02. The summed E-state index contributed by atoms with van der Waals surface area (Å²) in [4.78, 5) is 0. The van der Waals surface area contributed by atoms with Crippen LogP contribution in [0.15, 0.2) is 48.0 Å². The summed E-state index contributed by atoms with van der Waals surface area (Å²) in [5, 5.41) is 9.25. The van der Waals surface area contributed by atoms with Crippen molar-refractivity contribution in [2.75, 3.05) is 6.61 Å². The number of hydrogen-bond acceptors (Lipinski definition) is 1. The van der Waals surface area contributed by atoms with E-state index >= 15 is 0 Å². The zero-order valence-electron chi connectivity index (χ0n) is 11.2. The quantitative estimate of drug-likeness (QED) is 0.743. The van der Waals surface area contributed by atoms with Crippen molar-refractivity contribution >= 4 is 6.08 Å². The Bertz CT molecular complexity index is 632. The van der Waals surface area contributed by atoms with E-state index < -0.39 is 0 Å². The number of aliphatic hydroxyl groups is 1. The average Bonchev–Trinajstić information content (AvgIpc) is 2.82. The first-order chi connectivity index (χ1) is 9.31. The van der Waals surface area contributed by atoms with Crippen LogP contribution in [0.5, 0.6) is 0 Å². The Labute approximate surface area is 114 Å². The molecule has 0 unspecified atom stereocenters. The highest BCUT2D eigenvalue weighted by Gasteiger charge is 2.17. The summed E-state index contributed by atoms with van der Waals surface area (Å²) in [6, 6.07) is 15.2. The predicted molar refractivity (Wildman–Crippen MR) is 80.0 cm³/mol. The molecular weight excluding hydrogens is 232 g/mol. The number of fused-ring (bicyclic) bond motifs is 3. The summed E-state index contributed by atoms with van der Waals surface area (Å²) in [5.41, 5.74) is 7.80. The zero-order valence-corrected chi connectivity index (χ0v) is 11.2. The van der Waals surface area contributed by atoms with Crippen molar-refractivity contribution in [1.29, 1.82) is 0 Å². The Morgan fingerprint density at radius 3 is 2.68 bits per heavy atom. The minimum atomic E-state index is 0.147. The van der Waals surface area contributed by atoms with E-state index in [1.54, 1.807) is 0 Å². The molecule has 1 N–H and O–H groups in total. The third-order valence-corrected chi connectivity index (χ3v) is 3.85. The maximum Gasteiger partial charge on any atom is 0.0644 e. The van der Waals surface area contributed by atoms with Crippen molar-refractivity contribution in [2.45, 2.75) is 19.8 Å². The van der Waals surface area contributed by atoms with Gasteiger partial charge in [0.15, 0.2) is 0 Å². The molecule has 3 rings (SSSR count). The molecule has 1 nitrogen and oxygen atoms in total. The van der Waals surface area contributed by atoms with Crippen LogP contribution in [0.4, 0.5) is 0 Å². The van der Waals surface area contributed by atoms with E-state index in [0.29, 0.717) is 0 Å². The van der Waals surface area contributed by atoms with Gasteiger partial charge < -0.3 is 5.11 Å². The molecule has 96 valence electrons. The van der Waals surface area contributed by atoms with Gasteiger partial charge in [0.2, 0.25) is 0 Å². The summed E-state index contributed by atoms with van der Waals surface area (Å²) >= 11 is 0. The molecule has 0 aromatic heterocycles. The second-order valence-corrected chi connectivity index (χ2v) is 5.06. The number of aliphatic hydroxyl groups excluding tert-OH is 1. The van der Waals surface area contributed by atoms with Crippen LogP contribution in [-0.4, -0.2) is 11.7 Å². The van der Waals surface area contributed by atoms with Crippen molar-refractivity contribution in [3.63, 3.8) is 0 Å². The lowest BCUT2D eigenvalue weighted by atomic mass is 10.0. The lowest BCUT2D eigenvalue weighted by molar-refractivity contribution is 0.329. The van der Waals surface area contributed by atoms with Crippen molar-refractivity contribution in [3.8, 4) is 11.1 Å². The molecule has 0 saturated carbocycles. The van der Waals surface area contributed by atoms with Crippen LogP contribution in [0.3, 0.4) is 0 Å². The fourth-order valence-electron chi connectivity index (χ4n) is 2.75. The van der Waals surface area contributed by atoms with Crippen LogP contribution in [0.1, 0.15) is 30.0 Å². The smallest absolute Gasteiger partial charge is 0.0644 e. The van der Waals surface area contributed by atoms with E-state index in [9.17, 15) is 5.11 Å². The standard InChI is InChI=1S/C18H18O/c1-2-13(12-19)9-14-7-8-18-16(10-14)11-15-5-3-4-6-17(15)18/h3-10,19H,2,11-12H2,1H3/b13-9+. The van der Waals surface area contributed by atoms with Crippen LogP contribution < -0.4 is 0 Å². The van der Waals surface area contributed by atoms with Crippen LogP contribution >= 0.6 is 0 Å². The predicted octanol–water partition coefficient (Wildman–Crippen LogP) is 4.04. The molecule has 1 heteroatoms. The van der Waals surface area contributed by atoms with Gasteiger partial charge in [0.25, 0.3) is 0 Å². The van der Waals surface area contributed by atoms with Crippen LogP contribution in [-0.2, 0) is 6.42 Å². The Morgan fingerprint density at radius 1 is 1.11 bits per heavy atom. The van der Waals surface area contributed by atoms with Gasteiger partial charge in [-0.05, 0) is 46.2 Å². The molecule has 1 aliphatic rings. The van der Waals surface area contributed by atoms with Crippen LogP contribution in [0, 0.1) is 0 Å². The van der Waals surface area contributed by atoms with Gasteiger partial charge >= 0.3 is 0 Å². The Balaban J connectivity index is 2.00. The van der Waals surface area contributed by atoms with Gasteiger partial charge in [-0.2, -0.15) is 0 Å². The topological polar surface area (TPSA) is 20.2 Å². The number of benzene rings is 2. The maximum atomic E-state index is 9.25. The zero-order chi connectivity index (χ0) is 13.2. The molecular formula is C18H18O. The second kappa shape index (κ2) is 5.02. The lowest BCUT2D eigenvalue weighted by Crippen LogP contribution is -1.89. The minimum Gasteiger partial charge on any atom is -0.392 e. The van der Waals surface area contributed by atoms with Crippen molar-refractivity contribution in [1.82, 2.24) is 0 Å². The molecule has 1 aliphatic carbocycles. The summed E-state index contributed by atoms with van der Waals surface area (Å²) < 4.78 is 0. The van der Waals surface area contributed by atoms with Crippen LogP contribution in [0.25, 0.3) is 17.2 Å². The molecule has 0 fully saturated rings. The summed E-state index contributed by atoms with van der Waals surface area (Å²) in [5.74, 6) is 0. The molecule has 0 radical (unpaired) electrons. The second-order valence-electron chi connectivity index (χ2n) is 5.06. The van der Waals surface area contributed by atoms with E-state index in [0.717, 1.165) is 18.4 Å². The van der Waals surface area contributed by atoms with E-state index in [2.05, 4.69) is 55.5 Å². The van der Waals surface area contributed by atoms with Crippen molar-refractivity contribution in [3.05, 3.63) is 64.7 Å². The normalized spacial score (nSPS) is 13.3. The van der Waals surface area contributed by atoms with Gasteiger partial charge in [-0.25, -0.2) is 0 Å². The molecule has 0 saturated heterocycles. The van der Waals surface area contributed by atoms with Gasteiger partial charge in [-0.3, -0.25) is 0 Å². The van der Waals surface area contributed by atoms with Gasteiger partial charge in [0.05, 0.1) is 6.61 Å². The first kappa shape index (κ1) is 12.2. The first-order valence-corrected chi connectivity index (χ1v) is 6.83. The third kappa shape index (κ3) is 2.22. The summed E-state index contributed by atoms with van der Waals surface area (Å²) in [6.45, 7) is 2.22. The molecule has 0 aliphatic heterocycles. The third-order valence-electron chi connectivity index (χ3n) is 3.85. The average molecular weight is 250 g/mol. The number of hydrogen-bond donors (Lipinski definition) is 1. The van der Waals surface area contributed by atoms with Crippen molar-refractivity contribution < 1.29 is 5.11 Å². The van der Waals surface area contributed by atoms with Gasteiger partial charge in [-0.1, -0.05) is 55.5 Å². The SMILES string of the molecule is CC/C(=C\c1ccc2c(c1)Cc1ccccc1-2)CO. The molecule has 2 aromatic carbocycles. The highest BCUT2D eigenvalue weighted by atomic mass is 16.3. The summed E-state index contributed by atoms with van der Waals surface area (Å²) in [7, 11) is 0. The van der Waals surface area contributed by atoms with Crippen molar-refractivity contribution in [2.24, 2.45) is 0 Å². The molecule has 19 heavy (non-hydrogen) atoms. The Hall–Kier alpha value is -1.86. The highest BCUT2D eigenvalue weighted by molar-refractivity contribution is 5.78. The van der Waals surface area contributed by atoms with E-state index in [1.165, 1.54) is 27.8 Å². The monoisotopic (exact) mass is 250 g/mol. The Kier molecular flexibility index (Phi) is 3.22. The minimum absolute atomic E-state index is 0.147. The molecule has 0 bridgehead atoms. The molecule has 0 heterocycles. The molecule has 0 spiro atoms. The first-order valence-electron chi connectivity index (χ1n) is 6.83. The maximum absolute atomic E-state index is 9.25. The van der Waals surface area contributed by atoms with Gasteiger partial charge in [0.1, 0.15) is 0 Å². The van der Waals surface area contributed by atoms with Gasteiger partial charge in [-0.15, -0.1) is 0 Å². The highest BCUT2D eigenvalue weighted by Crippen LogP contribution is 2.36. The fraction of sp³-hybridized carbons (Fsp3) is 0.222. The molecule has 2 aromatic rings.